The highest BCUT2D eigenvalue weighted by molar-refractivity contribution is 7.98. The van der Waals surface area contributed by atoms with Gasteiger partial charge in [0.05, 0.1) is 0 Å². The Kier molecular flexibility index (Phi) is 5.31. The summed E-state index contributed by atoms with van der Waals surface area (Å²) < 4.78 is 0. The van der Waals surface area contributed by atoms with E-state index in [0.29, 0.717) is 12.0 Å². The summed E-state index contributed by atoms with van der Waals surface area (Å²) >= 11 is 1.85. The smallest absolute Gasteiger partial charge is 0.136 e. The van der Waals surface area contributed by atoms with Gasteiger partial charge in [0.25, 0.3) is 0 Å². The van der Waals surface area contributed by atoms with E-state index in [1.807, 2.05) is 17.8 Å². The molecule has 1 aliphatic rings. The van der Waals surface area contributed by atoms with Gasteiger partial charge in [-0.15, -0.1) is 0 Å². The highest BCUT2D eigenvalue weighted by Gasteiger charge is 2.27. The second kappa shape index (κ2) is 6.98. The average Bonchev–Trinajstić information content (AvgIpc) is 3.20. The van der Waals surface area contributed by atoms with Crippen molar-refractivity contribution in [3.63, 3.8) is 0 Å². The molecule has 1 fully saturated rings. The van der Waals surface area contributed by atoms with E-state index in [0.717, 1.165) is 36.2 Å². The Hall–Kier alpha value is -0.970. The Morgan fingerprint density at radius 1 is 1.37 bits per heavy atom. The summed E-state index contributed by atoms with van der Waals surface area (Å²) in [7, 11) is 0. The minimum absolute atomic E-state index is 0.427. The van der Waals surface area contributed by atoms with Crippen molar-refractivity contribution >= 4 is 23.4 Å². The first-order valence-corrected chi connectivity index (χ1v) is 8.50. The molecule has 1 aliphatic carbocycles. The molecule has 1 aromatic rings. The summed E-state index contributed by atoms with van der Waals surface area (Å²) in [6, 6.07) is 2.45. The van der Waals surface area contributed by atoms with E-state index >= 15 is 0 Å². The van der Waals surface area contributed by atoms with E-state index < -0.39 is 0 Å². The molecule has 0 aromatic carbocycles. The molecule has 19 heavy (non-hydrogen) atoms. The van der Waals surface area contributed by atoms with Crippen LogP contribution in [-0.2, 0) is 0 Å². The SMILES string of the molecule is CCCNc1cc(NC(C)CSC)nc(C2CC2)n1. The Labute approximate surface area is 120 Å². The first kappa shape index (κ1) is 14.4. The number of rotatable bonds is 8. The summed E-state index contributed by atoms with van der Waals surface area (Å²) in [5.74, 6) is 4.58. The molecule has 4 nitrogen and oxygen atoms in total. The van der Waals surface area contributed by atoms with E-state index in [2.05, 4.69) is 40.7 Å². The largest absolute Gasteiger partial charge is 0.370 e. The van der Waals surface area contributed by atoms with Crippen molar-refractivity contribution in [2.45, 2.75) is 45.1 Å². The van der Waals surface area contributed by atoms with Gasteiger partial charge in [-0.05, 0) is 32.4 Å². The van der Waals surface area contributed by atoms with Gasteiger partial charge >= 0.3 is 0 Å². The van der Waals surface area contributed by atoms with Crippen molar-refractivity contribution in [3.8, 4) is 0 Å². The first-order valence-electron chi connectivity index (χ1n) is 7.11. The van der Waals surface area contributed by atoms with E-state index in [1.54, 1.807) is 0 Å². The van der Waals surface area contributed by atoms with Crippen LogP contribution in [0.5, 0.6) is 0 Å². The molecule has 5 heteroatoms. The molecule has 0 amide bonds. The van der Waals surface area contributed by atoms with Crippen LogP contribution >= 0.6 is 11.8 Å². The van der Waals surface area contributed by atoms with Crippen LogP contribution in [-0.4, -0.2) is 34.6 Å². The van der Waals surface area contributed by atoms with Gasteiger partial charge in [0.1, 0.15) is 17.5 Å². The van der Waals surface area contributed by atoms with Crippen LogP contribution in [0.25, 0.3) is 0 Å². The van der Waals surface area contributed by atoms with Gasteiger partial charge in [-0.2, -0.15) is 11.8 Å². The van der Waals surface area contributed by atoms with Crippen molar-refractivity contribution < 1.29 is 0 Å². The van der Waals surface area contributed by atoms with Crippen LogP contribution in [0.2, 0.25) is 0 Å². The van der Waals surface area contributed by atoms with Gasteiger partial charge in [0.2, 0.25) is 0 Å². The standard InChI is InChI=1S/C14H24N4S/c1-4-7-15-12-8-13(16-10(2)9-19-3)18-14(17-12)11-5-6-11/h8,10-11H,4-7,9H2,1-3H3,(H2,15,16,17,18). The maximum absolute atomic E-state index is 4.65. The summed E-state index contributed by atoms with van der Waals surface area (Å²) in [5, 5.41) is 6.84. The Bertz CT molecular complexity index is 406. The van der Waals surface area contributed by atoms with E-state index in [4.69, 9.17) is 0 Å². The van der Waals surface area contributed by atoms with Gasteiger partial charge in [-0.25, -0.2) is 9.97 Å². The average molecular weight is 280 g/mol. The minimum Gasteiger partial charge on any atom is -0.370 e. The third kappa shape index (κ3) is 4.56. The minimum atomic E-state index is 0.427. The first-order chi connectivity index (χ1) is 9.22. The molecule has 106 valence electrons. The summed E-state index contributed by atoms with van der Waals surface area (Å²) in [5.41, 5.74) is 0. The topological polar surface area (TPSA) is 49.8 Å². The number of anilines is 2. The zero-order valence-electron chi connectivity index (χ0n) is 12.1. The monoisotopic (exact) mass is 280 g/mol. The number of thioether (sulfide) groups is 1. The van der Waals surface area contributed by atoms with Gasteiger partial charge in [-0.3, -0.25) is 0 Å². The predicted molar refractivity (Wildman–Crippen MR) is 84.3 cm³/mol. The summed E-state index contributed by atoms with van der Waals surface area (Å²) in [4.78, 5) is 9.27. The zero-order chi connectivity index (χ0) is 13.7. The number of hydrogen-bond acceptors (Lipinski definition) is 5. The lowest BCUT2D eigenvalue weighted by atomic mass is 10.3. The normalized spacial score (nSPS) is 16.2. The molecular weight excluding hydrogens is 256 g/mol. The maximum Gasteiger partial charge on any atom is 0.136 e. The van der Waals surface area contributed by atoms with Crippen LogP contribution in [0.4, 0.5) is 11.6 Å². The number of hydrogen-bond donors (Lipinski definition) is 2. The molecule has 1 aromatic heterocycles. The fourth-order valence-corrected chi connectivity index (χ4v) is 2.54. The molecule has 1 unspecified atom stereocenters. The van der Waals surface area contributed by atoms with Crippen molar-refractivity contribution in [2.75, 3.05) is 29.2 Å². The fraction of sp³-hybridized carbons (Fsp3) is 0.714. The van der Waals surface area contributed by atoms with E-state index in [-0.39, 0.29) is 0 Å². The zero-order valence-corrected chi connectivity index (χ0v) is 12.9. The lowest BCUT2D eigenvalue weighted by Crippen LogP contribution is -2.19. The van der Waals surface area contributed by atoms with Crippen molar-refractivity contribution in [1.82, 2.24) is 9.97 Å². The molecule has 0 radical (unpaired) electrons. The maximum atomic E-state index is 4.65. The van der Waals surface area contributed by atoms with Gasteiger partial charge < -0.3 is 10.6 Å². The molecule has 2 rings (SSSR count). The quantitative estimate of drug-likeness (QED) is 0.765. The van der Waals surface area contributed by atoms with Gasteiger partial charge in [0, 0.05) is 30.3 Å². The van der Waals surface area contributed by atoms with Crippen LogP contribution in [0.1, 0.15) is 44.9 Å². The highest BCUT2D eigenvalue weighted by atomic mass is 32.2. The second-order valence-electron chi connectivity index (χ2n) is 5.20. The van der Waals surface area contributed by atoms with Crippen LogP contribution in [0, 0.1) is 0 Å². The van der Waals surface area contributed by atoms with Gasteiger partial charge in [-0.1, -0.05) is 6.92 Å². The number of nitrogens with zero attached hydrogens (tertiary/aromatic N) is 2. The Morgan fingerprint density at radius 3 is 2.74 bits per heavy atom. The molecule has 0 saturated heterocycles. The predicted octanol–water partition coefficient (Wildman–Crippen LogP) is 3.34. The van der Waals surface area contributed by atoms with Crippen molar-refractivity contribution in [1.29, 1.82) is 0 Å². The molecule has 2 N–H and O–H groups in total. The third-order valence-electron chi connectivity index (χ3n) is 3.05. The second-order valence-corrected chi connectivity index (χ2v) is 6.11. The summed E-state index contributed by atoms with van der Waals surface area (Å²) in [6.45, 7) is 5.31. The van der Waals surface area contributed by atoms with E-state index in [1.165, 1.54) is 12.8 Å². The van der Waals surface area contributed by atoms with Crippen molar-refractivity contribution in [2.24, 2.45) is 0 Å². The lowest BCUT2D eigenvalue weighted by Gasteiger charge is -2.15. The lowest BCUT2D eigenvalue weighted by molar-refractivity contribution is 0.869. The number of nitrogens with one attached hydrogen (secondary N) is 2. The van der Waals surface area contributed by atoms with Crippen LogP contribution in [0.3, 0.4) is 0 Å². The molecule has 0 aliphatic heterocycles. The highest BCUT2D eigenvalue weighted by Crippen LogP contribution is 2.38. The molecule has 0 bridgehead atoms. The third-order valence-corrected chi connectivity index (χ3v) is 3.89. The Balaban J connectivity index is 2.09. The number of aromatic nitrogens is 2. The van der Waals surface area contributed by atoms with E-state index in [9.17, 15) is 0 Å². The van der Waals surface area contributed by atoms with Gasteiger partial charge in [0.15, 0.2) is 0 Å². The molecule has 1 atom stereocenters. The molecule has 1 saturated carbocycles. The molecular formula is C14H24N4S. The summed E-state index contributed by atoms with van der Waals surface area (Å²) in [6.07, 6.45) is 5.70. The molecule has 1 heterocycles. The van der Waals surface area contributed by atoms with Crippen LogP contribution in [0.15, 0.2) is 6.07 Å². The Morgan fingerprint density at radius 2 is 2.11 bits per heavy atom. The van der Waals surface area contributed by atoms with Crippen molar-refractivity contribution in [3.05, 3.63) is 11.9 Å². The molecule has 0 spiro atoms. The van der Waals surface area contributed by atoms with Crippen LogP contribution < -0.4 is 10.6 Å². The fourth-order valence-electron chi connectivity index (χ4n) is 1.95.